The Morgan fingerprint density at radius 2 is 1.72 bits per heavy atom. The van der Waals surface area contributed by atoms with Crippen molar-refractivity contribution in [2.24, 2.45) is 17.4 Å². The van der Waals surface area contributed by atoms with Gasteiger partial charge in [-0.3, -0.25) is 14.4 Å². The highest BCUT2D eigenvalue weighted by molar-refractivity contribution is 5.92. The summed E-state index contributed by atoms with van der Waals surface area (Å²) >= 11 is 0. The molecule has 7 nitrogen and oxygen atoms in total. The molecule has 0 rings (SSSR count). The van der Waals surface area contributed by atoms with E-state index in [0.29, 0.717) is 0 Å². The van der Waals surface area contributed by atoms with Gasteiger partial charge in [-0.05, 0) is 19.8 Å². The van der Waals surface area contributed by atoms with Crippen molar-refractivity contribution in [2.75, 3.05) is 6.54 Å². The summed E-state index contributed by atoms with van der Waals surface area (Å²) in [5.74, 6) is -1.57. The molecule has 0 aliphatic heterocycles. The van der Waals surface area contributed by atoms with Gasteiger partial charge in [0.2, 0.25) is 17.7 Å². The molecular formula is C11H22N4O3. The first-order valence-electron chi connectivity index (χ1n) is 5.72. The number of primary amides is 1. The van der Waals surface area contributed by atoms with Crippen LogP contribution in [-0.4, -0.2) is 35.8 Å². The van der Waals surface area contributed by atoms with Crippen LogP contribution in [0, 0.1) is 5.92 Å². The summed E-state index contributed by atoms with van der Waals surface area (Å²) in [5.41, 5.74) is 9.55. The molecule has 104 valence electrons. The summed E-state index contributed by atoms with van der Waals surface area (Å²) in [6.07, 6.45) is 0. The van der Waals surface area contributed by atoms with Crippen LogP contribution in [0.15, 0.2) is 0 Å². The summed E-state index contributed by atoms with van der Waals surface area (Å²) in [4.78, 5) is 34.0. The molecule has 18 heavy (non-hydrogen) atoms. The quantitative estimate of drug-likeness (QED) is 0.460. The van der Waals surface area contributed by atoms with Crippen LogP contribution in [0.5, 0.6) is 0 Å². The van der Waals surface area contributed by atoms with Gasteiger partial charge in [0.15, 0.2) is 0 Å². The Kier molecular flexibility index (Phi) is 5.77. The molecule has 0 saturated heterocycles. The number of amides is 3. The van der Waals surface area contributed by atoms with Gasteiger partial charge in [0.1, 0.15) is 5.54 Å². The molecule has 7 heteroatoms. The molecule has 1 atom stereocenters. The minimum absolute atomic E-state index is 0.0184. The maximum absolute atomic E-state index is 11.5. The second kappa shape index (κ2) is 6.34. The maximum atomic E-state index is 11.5. The summed E-state index contributed by atoms with van der Waals surface area (Å²) < 4.78 is 0. The Labute approximate surface area is 107 Å². The van der Waals surface area contributed by atoms with E-state index in [1.54, 1.807) is 13.8 Å². The number of hydrogen-bond donors (Lipinski definition) is 4. The van der Waals surface area contributed by atoms with E-state index >= 15 is 0 Å². The molecule has 0 saturated carbocycles. The molecule has 0 radical (unpaired) electrons. The van der Waals surface area contributed by atoms with Gasteiger partial charge in [-0.25, -0.2) is 0 Å². The lowest BCUT2D eigenvalue weighted by molar-refractivity contribution is -0.131. The van der Waals surface area contributed by atoms with Crippen molar-refractivity contribution < 1.29 is 14.4 Å². The fraction of sp³-hybridized carbons (Fsp3) is 0.727. The predicted molar refractivity (Wildman–Crippen MR) is 67.2 cm³/mol. The van der Waals surface area contributed by atoms with Gasteiger partial charge in [-0.1, -0.05) is 13.8 Å². The van der Waals surface area contributed by atoms with Gasteiger partial charge in [-0.2, -0.15) is 0 Å². The van der Waals surface area contributed by atoms with Crippen molar-refractivity contribution in [1.29, 1.82) is 0 Å². The number of carbonyl (C=O) groups excluding carboxylic acids is 3. The van der Waals surface area contributed by atoms with Gasteiger partial charge >= 0.3 is 0 Å². The highest BCUT2D eigenvalue weighted by atomic mass is 16.2. The first-order valence-corrected chi connectivity index (χ1v) is 5.72. The van der Waals surface area contributed by atoms with Gasteiger partial charge in [0.25, 0.3) is 0 Å². The topological polar surface area (TPSA) is 127 Å². The van der Waals surface area contributed by atoms with Gasteiger partial charge in [0, 0.05) is 0 Å². The highest BCUT2D eigenvalue weighted by Gasteiger charge is 2.27. The van der Waals surface area contributed by atoms with Crippen molar-refractivity contribution in [3.63, 3.8) is 0 Å². The second-order valence-corrected chi connectivity index (χ2v) is 5.03. The van der Waals surface area contributed by atoms with Crippen molar-refractivity contribution in [1.82, 2.24) is 10.6 Å². The summed E-state index contributed by atoms with van der Waals surface area (Å²) in [7, 11) is 0. The van der Waals surface area contributed by atoms with E-state index in [-0.39, 0.29) is 12.5 Å². The molecule has 0 aromatic carbocycles. The molecule has 0 bridgehead atoms. The normalized spacial score (nSPS) is 13.0. The lowest BCUT2D eigenvalue weighted by Crippen LogP contribution is -2.56. The average molecular weight is 258 g/mol. The van der Waals surface area contributed by atoms with Crippen LogP contribution >= 0.6 is 0 Å². The largest absolute Gasteiger partial charge is 0.368 e. The van der Waals surface area contributed by atoms with Crippen LogP contribution in [-0.2, 0) is 14.4 Å². The standard InChI is InChI=1S/C11H22N4O3/c1-6(2)8(12)9(17)14-5-7(16)15-11(3,4)10(13)18/h6,8H,5,12H2,1-4H3,(H2,13,18)(H,14,17)(H,15,16)/t8-/m0/s1. The zero-order valence-corrected chi connectivity index (χ0v) is 11.2. The molecule has 6 N–H and O–H groups in total. The Hall–Kier alpha value is -1.63. The number of nitrogens with one attached hydrogen (secondary N) is 2. The minimum Gasteiger partial charge on any atom is -0.368 e. The molecule has 0 aliphatic rings. The lowest BCUT2D eigenvalue weighted by Gasteiger charge is -2.22. The van der Waals surface area contributed by atoms with Gasteiger partial charge in [0.05, 0.1) is 12.6 Å². The summed E-state index contributed by atoms with van der Waals surface area (Å²) in [6, 6.07) is -0.665. The molecular weight excluding hydrogens is 236 g/mol. The molecule has 0 heterocycles. The van der Waals surface area contributed by atoms with E-state index in [1.807, 2.05) is 0 Å². The SMILES string of the molecule is CC(C)[C@H](N)C(=O)NCC(=O)NC(C)(C)C(N)=O. The molecule has 3 amide bonds. The Bertz CT molecular complexity index is 339. The van der Waals surface area contributed by atoms with Crippen LogP contribution in [0.1, 0.15) is 27.7 Å². The van der Waals surface area contributed by atoms with Crippen molar-refractivity contribution in [3.05, 3.63) is 0 Å². The fourth-order valence-electron chi connectivity index (χ4n) is 1.04. The minimum atomic E-state index is -1.15. The Morgan fingerprint density at radius 3 is 2.11 bits per heavy atom. The van der Waals surface area contributed by atoms with Crippen molar-refractivity contribution >= 4 is 17.7 Å². The third-order valence-corrected chi connectivity index (χ3v) is 2.51. The monoisotopic (exact) mass is 258 g/mol. The molecule has 0 aromatic rings. The number of rotatable bonds is 6. The van der Waals surface area contributed by atoms with E-state index in [0.717, 1.165) is 0 Å². The zero-order valence-electron chi connectivity index (χ0n) is 11.2. The number of carbonyl (C=O) groups is 3. The molecule has 0 aliphatic carbocycles. The van der Waals surface area contributed by atoms with Crippen LogP contribution in [0.4, 0.5) is 0 Å². The molecule has 0 fully saturated rings. The number of nitrogens with two attached hydrogens (primary N) is 2. The van der Waals surface area contributed by atoms with E-state index in [2.05, 4.69) is 10.6 Å². The predicted octanol–water partition coefficient (Wildman–Crippen LogP) is -1.53. The average Bonchev–Trinajstić information content (AvgIpc) is 2.23. The molecule has 0 spiro atoms. The smallest absolute Gasteiger partial charge is 0.242 e. The summed E-state index contributed by atoms with van der Waals surface area (Å²) in [5, 5.41) is 4.81. The lowest BCUT2D eigenvalue weighted by atomic mass is 10.0. The third kappa shape index (κ3) is 5.13. The molecule has 0 aromatic heterocycles. The second-order valence-electron chi connectivity index (χ2n) is 5.03. The van der Waals surface area contributed by atoms with Crippen LogP contribution < -0.4 is 22.1 Å². The summed E-state index contributed by atoms with van der Waals surface area (Å²) in [6.45, 7) is 6.33. The molecule has 0 unspecified atom stereocenters. The van der Waals surface area contributed by atoms with E-state index in [4.69, 9.17) is 11.5 Å². The van der Waals surface area contributed by atoms with E-state index in [1.165, 1.54) is 13.8 Å². The van der Waals surface area contributed by atoms with Gasteiger partial charge < -0.3 is 22.1 Å². The maximum Gasteiger partial charge on any atom is 0.242 e. The van der Waals surface area contributed by atoms with E-state index < -0.39 is 29.3 Å². The van der Waals surface area contributed by atoms with Crippen LogP contribution in [0.25, 0.3) is 0 Å². The fourth-order valence-corrected chi connectivity index (χ4v) is 1.04. The van der Waals surface area contributed by atoms with Crippen molar-refractivity contribution in [2.45, 2.75) is 39.3 Å². The van der Waals surface area contributed by atoms with Crippen LogP contribution in [0.3, 0.4) is 0 Å². The number of hydrogen-bond acceptors (Lipinski definition) is 4. The van der Waals surface area contributed by atoms with Gasteiger partial charge in [-0.15, -0.1) is 0 Å². The third-order valence-electron chi connectivity index (χ3n) is 2.51. The zero-order chi connectivity index (χ0) is 14.5. The first-order chi connectivity index (χ1) is 8.08. The van der Waals surface area contributed by atoms with E-state index in [9.17, 15) is 14.4 Å². The Balaban J connectivity index is 4.21. The van der Waals surface area contributed by atoms with Crippen molar-refractivity contribution in [3.8, 4) is 0 Å². The Morgan fingerprint density at radius 1 is 1.22 bits per heavy atom. The van der Waals surface area contributed by atoms with Crippen LogP contribution in [0.2, 0.25) is 0 Å². The highest BCUT2D eigenvalue weighted by Crippen LogP contribution is 2.00. The first kappa shape index (κ1) is 16.4.